The van der Waals surface area contributed by atoms with Crippen LogP contribution in [0.4, 0.5) is 5.13 Å². The van der Waals surface area contributed by atoms with Gasteiger partial charge in [-0.1, -0.05) is 29.0 Å². The number of imidazole rings is 1. The molecule has 0 radical (unpaired) electrons. The van der Waals surface area contributed by atoms with Gasteiger partial charge < -0.3 is 4.40 Å². The van der Waals surface area contributed by atoms with Gasteiger partial charge in [0.1, 0.15) is 11.3 Å². The Morgan fingerprint density at radius 1 is 1.23 bits per heavy atom. The standard InChI is InChI=1S/C15H9ClN4OS/c16-9-4-5-10-12(7-9)22-15(18-10)19-14(21)11-8-20-6-2-1-3-13(20)17-11/h1-8H,(H,18,19,21). The zero-order chi connectivity index (χ0) is 15.1. The minimum absolute atomic E-state index is 0.283. The smallest absolute Gasteiger partial charge is 0.277 e. The van der Waals surface area contributed by atoms with Crippen LogP contribution in [0.25, 0.3) is 15.9 Å². The van der Waals surface area contributed by atoms with Crippen molar-refractivity contribution in [1.29, 1.82) is 0 Å². The first-order valence-corrected chi connectivity index (χ1v) is 7.70. The van der Waals surface area contributed by atoms with Crippen molar-refractivity contribution in [2.24, 2.45) is 0 Å². The number of nitrogens with zero attached hydrogens (tertiary/aromatic N) is 3. The minimum atomic E-state index is -0.283. The molecule has 0 aliphatic heterocycles. The lowest BCUT2D eigenvalue weighted by Gasteiger charge is -1.96. The Morgan fingerprint density at radius 3 is 3.00 bits per heavy atom. The third kappa shape index (κ3) is 2.32. The van der Waals surface area contributed by atoms with Gasteiger partial charge in [0, 0.05) is 17.4 Å². The average molecular weight is 329 g/mol. The predicted octanol–water partition coefficient (Wildman–Crippen LogP) is 3.85. The Hall–Kier alpha value is -2.44. The van der Waals surface area contributed by atoms with E-state index in [0.29, 0.717) is 15.8 Å². The third-order valence-corrected chi connectivity index (χ3v) is 4.34. The van der Waals surface area contributed by atoms with Crippen LogP contribution in [0.1, 0.15) is 10.5 Å². The Morgan fingerprint density at radius 2 is 2.14 bits per heavy atom. The number of rotatable bonds is 2. The van der Waals surface area contributed by atoms with Gasteiger partial charge in [0.15, 0.2) is 5.13 Å². The highest BCUT2D eigenvalue weighted by Gasteiger charge is 2.13. The first kappa shape index (κ1) is 13.2. The van der Waals surface area contributed by atoms with E-state index in [9.17, 15) is 4.79 Å². The number of carbonyl (C=O) groups is 1. The summed E-state index contributed by atoms with van der Waals surface area (Å²) in [6.45, 7) is 0. The third-order valence-electron chi connectivity index (χ3n) is 3.17. The summed E-state index contributed by atoms with van der Waals surface area (Å²) in [5.74, 6) is -0.283. The zero-order valence-corrected chi connectivity index (χ0v) is 12.7. The summed E-state index contributed by atoms with van der Waals surface area (Å²) >= 11 is 7.33. The molecule has 4 rings (SSSR count). The second-order valence-corrected chi connectivity index (χ2v) is 6.14. The van der Waals surface area contributed by atoms with E-state index in [1.807, 2.05) is 36.5 Å². The van der Waals surface area contributed by atoms with E-state index >= 15 is 0 Å². The number of thiazole rings is 1. The van der Waals surface area contributed by atoms with E-state index < -0.39 is 0 Å². The largest absolute Gasteiger partial charge is 0.306 e. The van der Waals surface area contributed by atoms with Crippen molar-refractivity contribution in [3.05, 3.63) is 59.5 Å². The normalized spacial score (nSPS) is 11.1. The van der Waals surface area contributed by atoms with Gasteiger partial charge in [-0.3, -0.25) is 10.1 Å². The summed E-state index contributed by atoms with van der Waals surface area (Å²) in [5, 5.41) is 3.95. The zero-order valence-electron chi connectivity index (χ0n) is 11.2. The molecule has 3 aromatic heterocycles. The monoisotopic (exact) mass is 328 g/mol. The molecule has 0 saturated carbocycles. The molecule has 0 aliphatic rings. The minimum Gasteiger partial charge on any atom is -0.306 e. The maximum Gasteiger partial charge on any atom is 0.277 e. The first-order valence-electron chi connectivity index (χ1n) is 6.50. The fourth-order valence-electron chi connectivity index (χ4n) is 2.16. The van der Waals surface area contributed by atoms with E-state index in [0.717, 1.165) is 15.9 Å². The topological polar surface area (TPSA) is 59.3 Å². The van der Waals surface area contributed by atoms with Gasteiger partial charge in [-0.25, -0.2) is 9.97 Å². The van der Waals surface area contributed by atoms with Crippen molar-refractivity contribution in [2.45, 2.75) is 0 Å². The predicted molar refractivity (Wildman–Crippen MR) is 87.8 cm³/mol. The van der Waals surface area contributed by atoms with Crippen LogP contribution >= 0.6 is 22.9 Å². The molecule has 5 nitrogen and oxygen atoms in total. The number of pyridine rings is 1. The highest BCUT2D eigenvalue weighted by Crippen LogP contribution is 2.28. The summed E-state index contributed by atoms with van der Waals surface area (Å²) < 4.78 is 2.73. The second-order valence-electron chi connectivity index (χ2n) is 4.68. The van der Waals surface area contributed by atoms with E-state index in [4.69, 9.17) is 11.6 Å². The van der Waals surface area contributed by atoms with E-state index in [2.05, 4.69) is 15.3 Å². The molecule has 0 spiro atoms. The molecule has 0 atom stereocenters. The van der Waals surface area contributed by atoms with Crippen molar-refractivity contribution < 1.29 is 4.79 Å². The number of hydrogen-bond donors (Lipinski definition) is 1. The highest BCUT2D eigenvalue weighted by atomic mass is 35.5. The van der Waals surface area contributed by atoms with Crippen LogP contribution in [0.15, 0.2) is 48.8 Å². The fourth-order valence-corrected chi connectivity index (χ4v) is 3.29. The van der Waals surface area contributed by atoms with Gasteiger partial charge in [0.05, 0.1) is 10.2 Å². The molecule has 0 aliphatic carbocycles. The maximum absolute atomic E-state index is 12.3. The molecule has 0 saturated heterocycles. The molecular formula is C15H9ClN4OS. The molecule has 0 unspecified atom stereocenters. The number of nitrogens with one attached hydrogen (secondary N) is 1. The Kier molecular flexibility index (Phi) is 3.06. The van der Waals surface area contributed by atoms with Crippen LogP contribution in [0.3, 0.4) is 0 Å². The lowest BCUT2D eigenvalue weighted by Crippen LogP contribution is -2.11. The van der Waals surface area contributed by atoms with Gasteiger partial charge in [0.25, 0.3) is 5.91 Å². The lowest BCUT2D eigenvalue weighted by atomic mass is 10.3. The molecule has 3 heterocycles. The lowest BCUT2D eigenvalue weighted by molar-refractivity contribution is 0.102. The number of anilines is 1. The van der Waals surface area contributed by atoms with Crippen molar-refractivity contribution in [2.75, 3.05) is 5.32 Å². The molecule has 22 heavy (non-hydrogen) atoms. The van der Waals surface area contributed by atoms with Crippen molar-refractivity contribution >= 4 is 49.8 Å². The Bertz CT molecular complexity index is 974. The second kappa shape index (κ2) is 5.08. The number of carbonyl (C=O) groups excluding carboxylic acids is 1. The molecule has 0 bridgehead atoms. The molecule has 108 valence electrons. The number of fused-ring (bicyclic) bond motifs is 2. The maximum atomic E-state index is 12.3. The number of hydrogen-bond acceptors (Lipinski definition) is 4. The molecule has 7 heteroatoms. The summed E-state index contributed by atoms with van der Waals surface area (Å²) in [5.41, 5.74) is 1.88. The van der Waals surface area contributed by atoms with Crippen LogP contribution in [-0.4, -0.2) is 20.3 Å². The molecule has 1 N–H and O–H groups in total. The quantitative estimate of drug-likeness (QED) is 0.608. The Balaban J connectivity index is 1.64. The number of amides is 1. The number of aromatic nitrogens is 3. The van der Waals surface area contributed by atoms with Gasteiger partial charge in [0.2, 0.25) is 0 Å². The fraction of sp³-hybridized carbons (Fsp3) is 0. The SMILES string of the molecule is O=C(Nc1nc2ccc(Cl)cc2s1)c1cn2ccccc2n1. The summed E-state index contributed by atoms with van der Waals surface area (Å²) in [4.78, 5) is 20.9. The molecule has 1 amide bonds. The van der Waals surface area contributed by atoms with Gasteiger partial charge >= 0.3 is 0 Å². The van der Waals surface area contributed by atoms with Crippen LogP contribution in [0, 0.1) is 0 Å². The number of halogens is 1. The van der Waals surface area contributed by atoms with Crippen LogP contribution < -0.4 is 5.32 Å². The van der Waals surface area contributed by atoms with Crippen molar-refractivity contribution in [1.82, 2.24) is 14.4 Å². The average Bonchev–Trinajstić information content (AvgIpc) is 3.09. The van der Waals surface area contributed by atoms with Crippen LogP contribution in [0.2, 0.25) is 5.02 Å². The molecular weight excluding hydrogens is 320 g/mol. The van der Waals surface area contributed by atoms with E-state index in [1.165, 1.54) is 11.3 Å². The van der Waals surface area contributed by atoms with Gasteiger partial charge in [-0.15, -0.1) is 0 Å². The van der Waals surface area contributed by atoms with E-state index in [1.54, 1.807) is 16.7 Å². The summed E-state index contributed by atoms with van der Waals surface area (Å²) in [7, 11) is 0. The first-order chi connectivity index (χ1) is 10.7. The van der Waals surface area contributed by atoms with Crippen LogP contribution in [0.5, 0.6) is 0 Å². The summed E-state index contributed by atoms with van der Waals surface area (Å²) in [6.07, 6.45) is 3.54. The van der Waals surface area contributed by atoms with Crippen molar-refractivity contribution in [3.63, 3.8) is 0 Å². The van der Waals surface area contributed by atoms with Gasteiger partial charge in [-0.2, -0.15) is 0 Å². The highest BCUT2D eigenvalue weighted by molar-refractivity contribution is 7.22. The molecule has 4 aromatic rings. The molecule has 1 aromatic carbocycles. The van der Waals surface area contributed by atoms with Gasteiger partial charge in [-0.05, 0) is 30.3 Å². The number of benzene rings is 1. The molecule has 0 fully saturated rings. The van der Waals surface area contributed by atoms with E-state index in [-0.39, 0.29) is 5.91 Å². The Labute approximate surface area is 134 Å². The van der Waals surface area contributed by atoms with Crippen LogP contribution in [-0.2, 0) is 0 Å². The van der Waals surface area contributed by atoms with Crippen molar-refractivity contribution in [3.8, 4) is 0 Å². The summed E-state index contributed by atoms with van der Waals surface area (Å²) in [6, 6.07) is 11.0.